The molecule has 1 saturated heterocycles. The van der Waals surface area contributed by atoms with Crippen LogP contribution >= 0.6 is 0 Å². The van der Waals surface area contributed by atoms with Gasteiger partial charge in [-0.2, -0.15) is 0 Å². The fourth-order valence-corrected chi connectivity index (χ4v) is 2.92. The molecule has 1 N–H and O–H groups in total. The molecule has 1 unspecified atom stereocenters. The van der Waals surface area contributed by atoms with Gasteiger partial charge >= 0.3 is 0 Å². The van der Waals surface area contributed by atoms with Crippen LogP contribution in [-0.4, -0.2) is 49.7 Å². The predicted molar refractivity (Wildman–Crippen MR) is 85.2 cm³/mol. The highest BCUT2D eigenvalue weighted by Crippen LogP contribution is 2.20. The Labute approximate surface area is 123 Å². The van der Waals surface area contributed by atoms with Gasteiger partial charge in [0, 0.05) is 37.9 Å². The first-order chi connectivity index (χ1) is 9.72. The summed E-state index contributed by atoms with van der Waals surface area (Å²) in [5, 5.41) is 3.47. The molecule has 1 atom stereocenters. The Kier molecular flexibility index (Phi) is 5.80. The van der Waals surface area contributed by atoms with E-state index in [2.05, 4.69) is 47.2 Å². The molecule has 0 amide bonds. The quantitative estimate of drug-likeness (QED) is 0.773. The summed E-state index contributed by atoms with van der Waals surface area (Å²) in [5.41, 5.74) is 1.30. The second kappa shape index (κ2) is 7.60. The Balaban J connectivity index is 1.99. The maximum Gasteiger partial charge on any atom is 0.132 e. The third-order valence-electron chi connectivity index (χ3n) is 4.13. The Hall–Kier alpha value is -1.13. The third-order valence-corrected chi connectivity index (χ3v) is 4.13. The molecule has 4 nitrogen and oxygen atoms in total. The minimum atomic E-state index is 0.665. The zero-order chi connectivity index (χ0) is 14.4. The largest absolute Gasteiger partial charge is 0.358 e. The van der Waals surface area contributed by atoms with Gasteiger partial charge in [0.15, 0.2) is 0 Å². The van der Waals surface area contributed by atoms with Crippen LogP contribution in [0, 0.1) is 0 Å². The summed E-state index contributed by atoms with van der Waals surface area (Å²) >= 11 is 0. The maximum atomic E-state index is 4.59. The predicted octanol–water partition coefficient (Wildman–Crippen LogP) is 2.11. The van der Waals surface area contributed by atoms with Crippen molar-refractivity contribution in [2.24, 2.45) is 0 Å². The van der Waals surface area contributed by atoms with Gasteiger partial charge in [-0.3, -0.25) is 0 Å². The fraction of sp³-hybridized carbons (Fsp3) is 0.688. The highest BCUT2D eigenvalue weighted by Gasteiger charge is 2.23. The summed E-state index contributed by atoms with van der Waals surface area (Å²) < 4.78 is 0. The van der Waals surface area contributed by atoms with Gasteiger partial charge in [-0.1, -0.05) is 13.0 Å². The van der Waals surface area contributed by atoms with Crippen molar-refractivity contribution in [3.63, 3.8) is 0 Å². The lowest BCUT2D eigenvalue weighted by atomic mass is 10.2. The third kappa shape index (κ3) is 3.93. The van der Waals surface area contributed by atoms with Crippen LogP contribution in [-0.2, 0) is 6.54 Å². The van der Waals surface area contributed by atoms with E-state index in [0.717, 1.165) is 31.9 Å². The Bertz CT molecular complexity index is 407. The molecule has 20 heavy (non-hydrogen) atoms. The van der Waals surface area contributed by atoms with Gasteiger partial charge in [0.25, 0.3) is 0 Å². The number of likely N-dealkylation sites (tertiary alicyclic amines) is 1. The van der Waals surface area contributed by atoms with Gasteiger partial charge in [0.05, 0.1) is 0 Å². The van der Waals surface area contributed by atoms with Gasteiger partial charge in [0.2, 0.25) is 0 Å². The summed E-state index contributed by atoms with van der Waals surface area (Å²) in [6, 6.07) is 4.88. The van der Waals surface area contributed by atoms with Gasteiger partial charge in [-0.15, -0.1) is 0 Å². The van der Waals surface area contributed by atoms with Crippen LogP contribution in [0.1, 0.15) is 31.7 Å². The van der Waals surface area contributed by atoms with Gasteiger partial charge < -0.3 is 15.1 Å². The molecule has 1 aromatic heterocycles. The molecule has 0 saturated carbocycles. The average molecular weight is 276 g/mol. The molecular weight excluding hydrogens is 248 g/mol. The van der Waals surface area contributed by atoms with Crippen molar-refractivity contribution in [2.45, 2.75) is 38.8 Å². The molecule has 2 heterocycles. The minimum Gasteiger partial charge on any atom is -0.358 e. The van der Waals surface area contributed by atoms with E-state index >= 15 is 0 Å². The van der Waals surface area contributed by atoms with Crippen LogP contribution in [0.4, 0.5) is 5.82 Å². The molecular formula is C16H28N4. The number of aromatic nitrogens is 1. The topological polar surface area (TPSA) is 31.4 Å². The second-order valence-corrected chi connectivity index (χ2v) is 5.82. The lowest BCUT2D eigenvalue weighted by Crippen LogP contribution is -2.37. The number of likely N-dealkylation sites (N-methyl/N-ethyl adjacent to an activating group) is 2. The molecule has 0 aromatic carbocycles. The van der Waals surface area contributed by atoms with Crippen molar-refractivity contribution in [1.82, 2.24) is 15.2 Å². The van der Waals surface area contributed by atoms with E-state index in [1.54, 1.807) is 0 Å². The minimum absolute atomic E-state index is 0.665. The van der Waals surface area contributed by atoms with Gasteiger partial charge in [-0.25, -0.2) is 4.98 Å². The van der Waals surface area contributed by atoms with E-state index in [4.69, 9.17) is 0 Å². The lowest BCUT2D eigenvalue weighted by Gasteiger charge is -2.28. The standard InChI is InChI=1S/C16H28N4/c1-4-9-17-12-14-7-5-10-18-16(14)20(3)13-15-8-6-11-19(15)2/h5,7,10,15,17H,4,6,8-9,11-13H2,1-3H3. The van der Waals surface area contributed by atoms with E-state index in [0.29, 0.717) is 6.04 Å². The highest BCUT2D eigenvalue weighted by atomic mass is 15.2. The van der Waals surface area contributed by atoms with Crippen LogP contribution in [0.15, 0.2) is 18.3 Å². The first kappa shape index (κ1) is 15.3. The van der Waals surface area contributed by atoms with E-state index < -0.39 is 0 Å². The van der Waals surface area contributed by atoms with E-state index in [-0.39, 0.29) is 0 Å². The number of nitrogens with zero attached hydrogens (tertiary/aromatic N) is 3. The Morgan fingerprint density at radius 3 is 3.05 bits per heavy atom. The highest BCUT2D eigenvalue weighted by molar-refractivity contribution is 5.46. The van der Waals surface area contributed by atoms with Crippen molar-refractivity contribution in [1.29, 1.82) is 0 Å². The van der Waals surface area contributed by atoms with Crippen molar-refractivity contribution in [2.75, 3.05) is 38.6 Å². The van der Waals surface area contributed by atoms with Crippen molar-refractivity contribution in [3.05, 3.63) is 23.9 Å². The summed E-state index contributed by atoms with van der Waals surface area (Å²) in [6.45, 7) is 6.45. The van der Waals surface area contributed by atoms with E-state index in [1.165, 1.54) is 24.9 Å². The number of hydrogen-bond donors (Lipinski definition) is 1. The molecule has 0 aliphatic carbocycles. The Morgan fingerprint density at radius 1 is 1.50 bits per heavy atom. The second-order valence-electron chi connectivity index (χ2n) is 5.82. The average Bonchev–Trinajstić information content (AvgIpc) is 2.85. The van der Waals surface area contributed by atoms with Gasteiger partial charge in [-0.05, 0) is 45.5 Å². The summed E-state index contributed by atoms with van der Waals surface area (Å²) in [7, 11) is 4.39. The zero-order valence-electron chi connectivity index (χ0n) is 13.1. The van der Waals surface area contributed by atoms with Gasteiger partial charge in [0.1, 0.15) is 5.82 Å². The van der Waals surface area contributed by atoms with Crippen LogP contribution in [0.2, 0.25) is 0 Å². The first-order valence-electron chi connectivity index (χ1n) is 7.78. The van der Waals surface area contributed by atoms with Crippen LogP contribution in [0.25, 0.3) is 0 Å². The van der Waals surface area contributed by atoms with Crippen LogP contribution in [0.5, 0.6) is 0 Å². The number of nitrogens with one attached hydrogen (secondary N) is 1. The smallest absolute Gasteiger partial charge is 0.132 e. The normalized spacial score (nSPS) is 19.4. The first-order valence-corrected chi connectivity index (χ1v) is 7.78. The zero-order valence-corrected chi connectivity index (χ0v) is 13.1. The number of rotatable bonds is 7. The maximum absolute atomic E-state index is 4.59. The molecule has 1 fully saturated rings. The van der Waals surface area contributed by atoms with E-state index in [1.807, 2.05) is 12.3 Å². The SMILES string of the molecule is CCCNCc1cccnc1N(C)CC1CCCN1C. The summed E-state index contributed by atoms with van der Waals surface area (Å²) in [5.74, 6) is 1.12. The van der Waals surface area contributed by atoms with Crippen molar-refractivity contribution >= 4 is 5.82 Å². The fourth-order valence-electron chi connectivity index (χ4n) is 2.92. The van der Waals surface area contributed by atoms with Crippen molar-refractivity contribution in [3.8, 4) is 0 Å². The summed E-state index contributed by atoms with van der Waals surface area (Å²) in [6.07, 6.45) is 5.69. The lowest BCUT2D eigenvalue weighted by molar-refractivity contribution is 0.314. The molecule has 1 aliphatic heterocycles. The summed E-state index contributed by atoms with van der Waals surface area (Å²) in [4.78, 5) is 9.37. The molecule has 1 aliphatic rings. The molecule has 1 aromatic rings. The van der Waals surface area contributed by atoms with E-state index in [9.17, 15) is 0 Å². The molecule has 4 heteroatoms. The molecule has 0 radical (unpaired) electrons. The molecule has 0 spiro atoms. The Morgan fingerprint density at radius 2 is 2.35 bits per heavy atom. The molecule has 0 bridgehead atoms. The van der Waals surface area contributed by atoms with Crippen LogP contribution in [0.3, 0.4) is 0 Å². The number of hydrogen-bond acceptors (Lipinski definition) is 4. The number of pyridine rings is 1. The molecule has 112 valence electrons. The number of anilines is 1. The monoisotopic (exact) mass is 276 g/mol. The molecule has 2 rings (SSSR count). The van der Waals surface area contributed by atoms with Crippen LogP contribution < -0.4 is 10.2 Å². The van der Waals surface area contributed by atoms with Crippen molar-refractivity contribution < 1.29 is 0 Å².